The van der Waals surface area contributed by atoms with Gasteiger partial charge in [0.2, 0.25) is 6.79 Å². The molecule has 0 amide bonds. The van der Waals surface area contributed by atoms with Gasteiger partial charge in [-0.15, -0.1) is 0 Å². The fourth-order valence-electron chi connectivity index (χ4n) is 3.04. The van der Waals surface area contributed by atoms with E-state index in [1.807, 2.05) is 36.4 Å². The Labute approximate surface area is 181 Å². The topological polar surface area (TPSA) is 55.8 Å². The van der Waals surface area contributed by atoms with Crippen molar-refractivity contribution in [1.29, 1.82) is 0 Å². The SMILES string of the molecule is O=C(O)/C(=C/c1ccc(-c2cc(Cl)cc(Cl)c2)cc1)c1cc2c(cc1Cl)OCO2. The molecule has 0 fully saturated rings. The number of carboxylic acids is 1. The largest absolute Gasteiger partial charge is 0.478 e. The summed E-state index contributed by atoms with van der Waals surface area (Å²) in [4.78, 5) is 11.9. The molecule has 1 aliphatic rings. The van der Waals surface area contributed by atoms with Crippen LogP contribution in [0.2, 0.25) is 15.1 Å². The molecule has 0 saturated carbocycles. The Bertz CT molecular complexity index is 1120. The molecule has 0 spiro atoms. The lowest BCUT2D eigenvalue weighted by atomic mass is 10.00. The highest BCUT2D eigenvalue weighted by Crippen LogP contribution is 2.39. The van der Waals surface area contributed by atoms with Gasteiger partial charge in [-0.3, -0.25) is 0 Å². The summed E-state index contributed by atoms with van der Waals surface area (Å²) in [7, 11) is 0. The van der Waals surface area contributed by atoms with Gasteiger partial charge in [-0.25, -0.2) is 4.79 Å². The predicted molar refractivity (Wildman–Crippen MR) is 115 cm³/mol. The summed E-state index contributed by atoms with van der Waals surface area (Å²) < 4.78 is 10.6. The summed E-state index contributed by atoms with van der Waals surface area (Å²) in [5, 5.41) is 11.1. The number of fused-ring (bicyclic) bond motifs is 1. The highest BCUT2D eigenvalue weighted by molar-refractivity contribution is 6.36. The van der Waals surface area contributed by atoms with E-state index in [4.69, 9.17) is 44.3 Å². The van der Waals surface area contributed by atoms with Gasteiger partial charge in [0.25, 0.3) is 0 Å². The molecular formula is C22H13Cl3O4. The van der Waals surface area contributed by atoms with Crippen molar-refractivity contribution in [2.45, 2.75) is 0 Å². The normalized spacial score (nSPS) is 12.9. The van der Waals surface area contributed by atoms with Crippen LogP contribution in [0.1, 0.15) is 11.1 Å². The Morgan fingerprint density at radius 2 is 1.48 bits per heavy atom. The fourth-order valence-corrected chi connectivity index (χ4v) is 3.82. The quantitative estimate of drug-likeness (QED) is 0.358. The molecular weight excluding hydrogens is 435 g/mol. The first-order chi connectivity index (χ1) is 13.9. The van der Waals surface area contributed by atoms with Gasteiger partial charge in [0, 0.05) is 21.7 Å². The monoisotopic (exact) mass is 446 g/mol. The van der Waals surface area contributed by atoms with E-state index in [2.05, 4.69) is 0 Å². The molecule has 29 heavy (non-hydrogen) atoms. The summed E-state index contributed by atoms with van der Waals surface area (Å²) in [5.74, 6) is -0.144. The van der Waals surface area contributed by atoms with Gasteiger partial charge in [-0.1, -0.05) is 59.1 Å². The number of benzene rings is 3. The lowest BCUT2D eigenvalue weighted by Crippen LogP contribution is -2.00. The summed E-state index contributed by atoms with van der Waals surface area (Å²) in [6.07, 6.45) is 1.56. The van der Waals surface area contributed by atoms with Gasteiger partial charge in [0.15, 0.2) is 11.5 Å². The average Bonchev–Trinajstić information content (AvgIpc) is 3.12. The molecule has 4 nitrogen and oxygen atoms in total. The summed E-state index contributed by atoms with van der Waals surface area (Å²) in [5.41, 5.74) is 2.88. The zero-order valence-corrected chi connectivity index (χ0v) is 17.1. The smallest absolute Gasteiger partial charge is 0.336 e. The fraction of sp³-hybridized carbons (Fsp3) is 0.0455. The molecule has 1 N–H and O–H groups in total. The van der Waals surface area contributed by atoms with Crippen LogP contribution in [0.4, 0.5) is 0 Å². The third-order valence-electron chi connectivity index (χ3n) is 4.40. The molecule has 0 bridgehead atoms. The molecule has 0 saturated heterocycles. The van der Waals surface area contributed by atoms with Crippen molar-refractivity contribution in [2.24, 2.45) is 0 Å². The molecule has 1 heterocycles. The molecule has 0 atom stereocenters. The van der Waals surface area contributed by atoms with Crippen molar-refractivity contribution in [3.05, 3.63) is 80.8 Å². The van der Waals surface area contributed by atoms with E-state index in [1.54, 1.807) is 24.3 Å². The van der Waals surface area contributed by atoms with Gasteiger partial charge in [0.05, 0.1) is 10.6 Å². The number of hydrogen-bond acceptors (Lipinski definition) is 3. The van der Waals surface area contributed by atoms with Gasteiger partial charge >= 0.3 is 5.97 Å². The molecule has 4 rings (SSSR count). The Morgan fingerprint density at radius 1 is 0.862 bits per heavy atom. The van der Waals surface area contributed by atoms with Crippen LogP contribution in [0.25, 0.3) is 22.8 Å². The van der Waals surface area contributed by atoms with E-state index in [0.29, 0.717) is 32.7 Å². The summed E-state index contributed by atoms with van der Waals surface area (Å²) in [6.45, 7) is 0.0796. The van der Waals surface area contributed by atoms with E-state index in [1.165, 1.54) is 0 Å². The Kier molecular flexibility index (Phi) is 5.41. The summed E-state index contributed by atoms with van der Waals surface area (Å²) >= 11 is 18.4. The number of ether oxygens (including phenoxy) is 2. The third kappa shape index (κ3) is 4.20. The first-order valence-electron chi connectivity index (χ1n) is 8.52. The molecule has 0 aromatic heterocycles. The number of halogens is 3. The van der Waals surface area contributed by atoms with Gasteiger partial charge in [-0.05, 0) is 47.0 Å². The molecule has 0 unspecified atom stereocenters. The van der Waals surface area contributed by atoms with Crippen molar-refractivity contribution in [2.75, 3.05) is 6.79 Å². The molecule has 146 valence electrons. The Balaban J connectivity index is 1.70. The number of carboxylic acid groups (broad SMARTS) is 1. The van der Waals surface area contributed by atoms with Crippen LogP contribution >= 0.6 is 34.8 Å². The Hall–Kier alpha value is -2.66. The minimum Gasteiger partial charge on any atom is -0.478 e. The van der Waals surface area contributed by atoms with E-state index >= 15 is 0 Å². The van der Waals surface area contributed by atoms with Crippen LogP contribution in [0.3, 0.4) is 0 Å². The predicted octanol–water partition coefficient (Wildman–Crippen LogP) is 6.67. The molecule has 3 aromatic carbocycles. The maximum Gasteiger partial charge on any atom is 0.336 e. The maximum absolute atomic E-state index is 11.9. The molecule has 7 heteroatoms. The zero-order valence-electron chi connectivity index (χ0n) is 14.8. The third-order valence-corrected chi connectivity index (χ3v) is 5.15. The number of carbonyl (C=O) groups is 1. The number of aliphatic carboxylic acids is 1. The van der Waals surface area contributed by atoms with Gasteiger partial charge in [0.1, 0.15) is 0 Å². The molecule has 0 aliphatic carbocycles. The van der Waals surface area contributed by atoms with E-state index in [9.17, 15) is 9.90 Å². The second kappa shape index (κ2) is 7.99. The molecule has 3 aromatic rings. The van der Waals surface area contributed by atoms with Crippen molar-refractivity contribution in [3.63, 3.8) is 0 Å². The van der Waals surface area contributed by atoms with Gasteiger partial charge in [-0.2, -0.15) is 0 Å². The Morgan fingerprint density at radius 3 is 2.10 bits per heavy atom. The lowest BCUT2D eigenvalue weighted by molar-refractivity contribution is -0.130. The average molecular weight is 448 g/mol. The van der Waals surface area contributed by atoms with Crippen LogP contribution < -0.4 is 9.47 Å². The lowest BCUT2D eigenvalue weighted by Gasteiger charge is -2.08. The highest BCUT2D eigenvalue weighted by atomic mass is 35.5. The van der Waals surface area contributed by atoms with E-state index in [-0.39, 0.29) is 17.4 Å². The van der Waals surface area contributed by atoms with Crippen LogP contribution in [0.5, 0.6) is 11.5 Å². The first-order valence-corrected chi connectivity index (χ1v) is 9.65. The highest BCUT2D eigenvalue weighted by Gasteiger charge is 2.21. The number of hydrogen-bond donors (Lipinski definition) is 1. The van der Waals surface area contributed by atoms with Crippen molar-refractivity contribution in [3.8, 4) is 22.6 Å². The van der Waals surface area contributed by atoms with Gasteiger partial charge < -0.3 is 14.6 Å². The summed E-state index contributed by atoms with van der Waals surface area (Å²) in [6, 6.07) is 15.8. The van der Waals surface area contributed by atoms with Crippen molar-refractivity contribution >= 4 is 52.4 Å². The van der Waals surface area contributed by atoms with Crippen molar-refractivity contribution < 1.29 is 19.4 Å². The van der Waals surface area contributed by atoms with E-state index in [0.717, 1.165) is 11.1 Å². The van der Waals surface area contributed by atoms with Crippen LogP contribution in [-0.2, 0) is 4.79 Å². The molecule has 1 aliphatic heterocycles. The zero-order chi connectivity index (χ0) is 20.5. The standard InChI is InChI=1S/C22H13Cl3O4/c23-15-6-14(7-16(24)8-15)13-3-1-12(2-4-13)5-18(22(26)27)17-9-20-21(10-19(17)25)29-11-28-20/h1-10H,11H2,(H,26,27)/b18-5+. The van der Waals surface area contributed by atoms with E-state index < -0.39 is 5.97 Å². The van der Waals surface area contributed by atoms with Crippen LogP contribution in [0, 0.1) is 0 Å². The second-order valence-corrected chi connectivity index (χ2v) is 7.61. The number of rotatable bonds is 4. The molecule has 0 radical (unpaired) electrons. The first kappa shape index (κ1) is 19.6. The van der Waals surface area contributed by atoms with Crippen LogP contribution in [0.15, 0.2) is 54.6 Å². The minimum atomic E-state index is -1.10. The second-order valence-electron chi connectivity index (χ2n) is 6.33. The van der Waals surface area contributed by atoms with Crippen LogP contribution in [-0.4, -0.2) is 17.9 Å². The van der Waals surface area contributed by atoms with Crippen molar-refractivity contribution in [1.82, 2.24) is 0 Å². The maximum atomic E-state index is 11.9. The minimum absolute atomic E-state index is 0.0480.